The molecule has 0 atom stereocenters. The minimum absolute atomic E-state index is 0.217. The molecule has 1 N–H and O–H groups in total. The largest absolute Gasteiger partial charge is 0.276 e. The molecular formula is C20H19N3O2S. The number of aryl methyl sites for hydroxylation is 2. The van der Waals surface area contributed by atoms with Crippen molar-refractivity contribution in [1.29, 1.82) is 0 Å². The van der Waals surface area contributed by atoms with Crippen LogP contribution >= 0.6 is 0 Å². The van der Waals surface area contributed by atoms with Gasteiger partial charge in [-0.25, -0.2) is 0 Å². The quantitative estimate of drug-likeness (QED) is 0.556. The molecule has 1 aromatic heterocycles. The van der Waals surface area contributed by atoms with Crippen molar-refractivity contribution in [3.8, 4) is 0 Å². The Balaban J connectivity index is 2.03. The maximum atomic E-state index is 12.7. The smallest absolute Gasteiger partial charge is 0.255 e. The third kappa shape index (κ3) is 3.97. The number of hydrogen-bond donors (Lipinski definition) is 1. The summed E-state index contributed by atoms with van der Waals surface area (Å²) in [5.41, 5.74) is 3.35. The molecule has 1 heterocycles. The number of rotatable bonds is 5. The Labute approximate surface area is 153 Å². The molecule has 0 aliphatic heterocycles. The minimum atomic E-state index is -3.79. The van der Waals surface area contributed by atoms with Gasteiger partial charge in [-0.15, -0.1) is 0 Å². The highest BCUT2D eigenvalue weighted by Gasteiger charge is 2.17. The van der Waals surface area contributed by atoms with Crippen molar-refractivity contribution in [2.75, 3.05) is 0 Å². The van der Waals surface area contributed by atoms with E-state index >= 15 is 0 Å². The highest BCUT2D eigenvalue weighted by molar-refractivity contribution is 7.89. The fourth-order valence-corrected chi connectivity index (χ4v) is 3.66. The Morgan fingerprint density at radius 1 is 0.962 bits per heavy atom. The van der Waals surface area contributed by atoms with Crippen molar-refractivity contribution in [3.05, 3.63) is 95.3 Å². The first kappa shape index (κ1) is 17.8. The molecule has 0 amide bonds. The number of pyridine rings is 1. The highest BCUT2D eigenvalue weighted by atomic mass is 32.2. The summed E-state index contributed by atoms with van der Waals surface area (Å²) in [4.78, 5) is 6.87. The molecule has 3 aromatic rings. The normalized spacial score (nSPS) is 12.0. The third-order valence-electron chi connectivity index (χ3n) is 3.87. The highest BCUT2D eigenvalue weighted by Crippen LogP contribution is 2.17. The van der Waals surface area contributed by atoms with Gasteiger partial charge in [-0.2, -0.15) is 18.4 Å². The molecule has 0 aliphatic rings. The van der Waals surface area contributed by atoms with Crippen molar-refractivity contribution >= 4 is 15.7 Å². The first-order valence-electron chi connectivity index (χ1n) is 8.11. The molecule has 0 fully saturated rings. The SMILES string of the molecule is Cc1ccc(C)c(S(=O)(=O)N/N=C(/c2ccccc2)c2ccccn2)c1. The van der Waals surface area contributed by atoms with E-state index in [0.29, 0.717) is 17.0 Å². The summed E-state index contributed by atoms with van der Waals surface area (Å²) in [5.74, 6) is 0. The molecule has 5 nitrogen and oxygen atoms in total. The fourth-order valence-electron chi connectivity index (χ4n) is 2.52. The van der Waals surface area contributed by atoms with Crippen LogP contribution in [0.3, 0.4) is 0 Å². The Kier molecular flexibility index (Phi) is 5.14. The van der Waals surface area contributed by atoms with Crippen LogP contribution in [0.25, 0.3) is 0 Å². The first-order chi connectivity index (χ1) is 12.5. The Morgan fingerprint density at radius 3 is 2.38 bits per heavy atom. The Morgan fingerprint density at radius 2 is 1.69 bits per heavy atom. The summed E-state index contributed by atoms with van der Waals surface area (Å²) >= 11 is 0. The summed E-state index contributed by atoms with van der Waals surface area (Å²) < 4.78 is 25.5. The van der Waals surface area contributed by atoms with Gasteiger partial charge in [0.15, 0.2) is 0 Å². The van der Waals surface area contributed by atoms with E-state index < -0.39 is 10.0 Å². The average Bonchev–Trinajstić information content (AvgIpc) is 2.65. The predicted octanol–water partition coefficient (Wildman–Crippen LogP) is 3.43. The van der Waals surface area contributed by atoms with Gasteiger partial charge in [0, 0.05) is 11.8 Å². The van der Waals surface area contributed by atoms with Gasteiger partial charge in [0.25, 0.3) is 10.0 Å². The number of nitrogens with one attached hydrogen (secondary N) is 1. The van der Waals surface area contributed by atoms with E-state index in [1.54, 1.807) is 37.4 Å². The van der Waals surface area contributed by atoms with E-state index in [-0.39, 0.29) is 4.90 Å². The monoisotopic (exact) mass is 365 g/mol. The van der Waals surface area contributed by atoms with Crippen LogP contribution in [0, 0.1) is 13.8 Å². The second-order valence-corrected chi connectivity index (χ2v) is 7.53. The van der Waals surface area contributed by atoms with Crippen LogP contribution in [0.4, 0.5) is 0 Å². The number of aromatic nitrogens is 1. The van der Waals surface area contributed by atoms with Crippen LogP contribution < -0.4 is 4.83 Å². The lowest BCUT2D eigenvalue weighted by Crippen LogP contribution is -2.22. The van der Waals surface area contributed by atoms with Crippen molar-refractivity contribution in [1.82, 2.24) is 9.82 Å². The molecule has 0 spiro atoms. The average molecular weight is 365 g/mol. The second-order valence-electron chi connectivity index (χ2n) is 5.91. The lowest BCUT2D eigenvalue weighted by molar-refractivity contribution is 0.584. The van der Waals surface area contributed by atoms with E-state index in [1.807, 2.05) is 49.4 Å². The maximum absolute atomic E-state index is 12.7. The van der Waals surface area contributed by atoms with Gasteiger partial charge in [-0.1, -0.05) is 48.5 Å². The van der Waals surface area contributed by atoms with Gasteiger partial charge in [0.05, 0.1) is 10.6 Å². The van der Waals surface area contributed by atoms with Crippen LogP contribution in [0.15, 0.2) is 82.9 Å². The number of benzene rings is 2. The molecule has 0 bridgehead atoms. The number of hydrogen-bond acceptors (Lipinski definition) is 4. The van der Waals surface area contributed by atoms with Crippen LogP contribution in [0.2, 0.25) is 0 Å². The molecule has 26 heavy (non-hydrogen) atoms. The van der Waals surface area contributed by atoms with Crippen molar-refractivity contribution in [2.45, 2.75) is 18.7 Å². The zero-order valence-electron chi connectivity index (χ0n) is 14.5. The third-order valence-corrected chi connectivity index (χ3v) is 5.22. The van der Waals surface area contributed by atoms with Gasteiger partial charge in [0.2, 0.25) is 0 Å². The van der Waals surface area contributed by atoms with E-state index in [0.717, 1.165) is 11.1 Å². The maximum Gasteiger partial charge on any atom is 0.276 e. The second kappa shape index (κ2) is 7.49. The molecule has 3 rings (SSSR count). The zero-order chi connectivity index (χ0) is 18.6. The van der Waals surface area contributed by atoms with E-state index in [9.17, 15) is 8.42 Å². The topological polar surface area (TPSA) is 71.4 Å². The predicted molar refractivity (Wildman–Crippen MR) is 103 cm³/mol. The van der Waals surface area contributed by atoms with E-state index in [2.05, 4.69) is 14.9 Å². The molecule has 0 radical (unpaired) electrons. The van der Waals surface area contributed by atoms with Crippen LogP contribution in [0.5, 0.6) is 0 Å². The number of sulfonamides is 1. The van der Waals surface area contributed by atoms with Crippen molar-refractivity contribution < 1.29 is 8.42 Å². The lowest BCUT2D eigenvalue weighted by atomic mass is 10.1. The van der Waals surface area contributed by atoms with Gasteiger partial charge in [-0.05, 0) is 43.2 Å². The first-order valence-corrected chi connectivity index (χ1v) is 9.59. The lowest BCUT2D eigenvalue weighted by Gasteiger charge is -2.10. The van der Waals surface area contributed by atoms with Crippen molar-refractivity contribution in [3.63, 3.8) is 0 Å². The molecule has 0 unspecified atom stereocenters. The molecule has 0 saturated carbocycles. The van der Waals surface area contributed by atoms with Crippen molar-refractivity contribution in [2.24, 2.45) is 5.10 Å². The standard InChI is InChI=1S/C20H19N3O2S/c1-15-11-12-16(2)19(14-15)26(24,25)23-22-20(17-8-4-3-5-9-17)18-10-6-7-13-21-18/h3-14,23H,1-2H3/b22-20-. The molecule has 0 saturated heterocycles. The van der Waals surface area contributed by atoms with Gasteiger partial charge >= 0.3 is 0 Å². The molecule has 6 heteroatoms. The van der Waals surface area contributed by atoms with Crippen LogP contribution in [-0.2, 0) is 10.0 Å². The summed E-state index contributed by atoms with van der Waals surface area (Å²) in [5, 5.41) is 4.20. The summed E-state index contributed by atoms with van der Waals surface area (Å²) in [6.45, 7) is 3.61. The summed E-state index contributed by atoms with van der Waals surface area (Å²) in [7, 11) is -3.79. The van der Waals surface area contributed by atoms with Gasteiger partial charge in [0.1, 0.15) is 5.71 Å². The molecular weight excluding hydrogens is 346 g/mol. The molecule has 2 aromatic carbocycles. The number of hydrazone groups is 1. The van der Waals surface area contributed by atoms with Crippen LogP contribution in [-0.4, -0.2) is 19.1 Å². The Bertz CT molecular complexity index is 990. The van der Waals surface area contributed by atoms with E-state index in [4.69, 9.17) is 0 Å². The fraction of sp³-hybridized carbons (Fsp3) is 0.100. The summed E-state index contributed by atoms with van der Waals surface area (Å²) in [6.07, 6.45) is 1.65. The van der Waals surface area contributed by atoms with Gasteiger partial charge < -0.3 is 0 Å². The minimum Gasteiger partial charge on any atom is -0.255 e. The molecule has 0 aliphatic carbocycles. The van der Waals surface area contributed by atoms with Crippen LogP contribution in [0.1, 0.15) is 22.4 Å². The Hall–Kier alpha value is -2.99. The molecule has 132 valence electrons. The van der Waals surface area contributed by atoms with E-state index in [1.165, 1.54) is 0 Å². The van der Waals surface area contributed by atoms with Gasteiger partial charge in [-0.3, -0.25) is 4.98 Å². The summed E-state index contributed by atoms with van der Waals surface area (Å²) in [6, 6.07) is 20.1. The zero-order valence-corrected chi connectivity index (χ0v) is 15.4. The number of nitrogens with zero attached hydrogens (tertiary/aromatic N) is 2.